The summed E-state index contributed by atoms with van der Waals surface area (Å²) >= 11 is 0. The van der Waals surface area contributed by atoms with E-state index in [4.69, 9.17) is 0 Å². The Hall–Kier alpha value is -1.39. The molecule has 0 N–H and O–H groups in total. The molecular weight excluding hydrogens is 272 g/mol. The Morgan fingerprint density at radius 3 is 1.05 bits per heavy atom. The summed E-state index contributed by atoms with van der Waals surface area (Å²) in [4.78, 5) is 0. The third-order valence-electron chi connectivity index (χ3n) is 1.66. The normalized spacial score (nSPS) is 9.10. The summed E-state index contributed by atoms with van der Waals surface area (Å²) in [5, 5.41) is 2.62. The molecular formula is C16H26O3S. The molecule has 0 bridgehead atoms. The molecule has 4 heteroatoms. The third kappa shape index (κ3) is 14.7. The molecule has 0 aromatic heterocycles. The maximum atomic E-state index is 9.63. The van der Waals surface area contributed by atoms with Gasteiger partial charge in [0.15, 0.2) is 0 Å². The van der Waals surface area contributed by atoms with Crippen molar-refractivity contribution in [3.8, 4) is 0 Å². The minimum atomic E-state index is -2.67. The van der Waals surface area contributed by atoms with Gasteiger partial charge in [0.2, 0.25) is 0 Å². The van der Waals surface area contributed by atoms with Crippen molar-refractivity contribution in [2.75, 3.05) is 26.7 Å². The topological polar surface area (TPSA) is 43.4 Å². The Kier molecular flexibility index (Phi) is 13.2. The van der Waals surface area contributed by atoms with Crippen molar-refractivity contribution in [1.82, 2.24) is 0 Å². The summed E-state index contributed by atoms with van der Waals surface area (Å²) < 4.78 is 23.5. The largest absolute Gasteiger partial charge is 0.388 e. The maximum absolute atomic E-state index is 9.63. The first kappa shape index (κ1) is 20.9. The quantitative estimate of drug-likeness (QED) is 0.743. The van der Waals surface area contributed by atoms with Gasteiger partial charge in [-0.1, -0.05) is 62.4 Å². The van der Waals surface area contributed by atoms with Crippen LogP contribution in [0.5, 0.6) is 0 Å². The Morgan fingerprint density at radius 1 is 0.750 bits per heavy atom. The fraction of sp³-hybridized carbons (Fsp3) is 0.375. The van der Waals surface area contributed by atoms with E-state index in [-0.39, 0.29) is 0 Å². The fourth-order valence-electron chi connectivity index (χ4n) is 1.13. The fourth-order valence-corrected chi connectivity index (χ4v) is 1.13. The van der Waals surface area contributed by atoms with E-state index in [1.807, 2.05) is 13.8 Å². The van der Waals surface area contributed by atoms with Crippen molar-refractivity contribution in [3.63, 3.8) is 0 Å². The average molecular weight is 298 g/mol. The number of rotatable bonds is 0. The Bertz CT molecular complexity index is 475. The molecule has 0 saturated carbocycles. The first-order valence-corrected chi connectivity index (χ1v) is 8.67. The number of ether oxygens (including phenoxy) is 1. The Balaban J connectivity index is 0. The second-order valence-corrected chi connectivity index (χ2v) is 6.18. The number of fused-ring (bicyclic) bond motifs is 1. The molecule has 0 spiro atoms. The van der Waals surface area contributed by atoms with Crippen molar-refractivity contribution >= 4 is 20.6 Å². The van der Waals surface area contributed by atoms with Gasteiger partial charge >= 0.3 is 0 Å². The van der Waals surface area contributed by atoms with Gasteiger partial charge in [0.05, 0.1) is 0 Å². The van der Waals surface area contributed by atoms with Gasteiger partial charge in [0.1, 0.15) is 9.84 Å². The van der Waals surface area contributed by atoms with Gasteiger partial charge in [0, 0.05) is 26.7 Å². The molecule has 0 aliphatic rings. The molecule has 0 radical (unpaired) electrons. The number of hydrogen-bond acceptors (Lipinski definition) is 3. The zero-order valence-electron chi connectivity index (χ0n) is 13.3. The number of methoxy groups -OCH3 is 1. The van der Waals surface area contributed by atoms with Gasteiger partial charge in [-0.25, -0.2) is 8.42 Å². The van der Waals surface area contributed by atoms with Crippen molar-refractivity contribution in [2.45, 2.75) is 13.8 Å². The standard InChI is InChI=1S/C10H8.C2H6O2S.C2H6O.C2H6/c1-2-6-10-8-4-3-7-9(10)5-1;1-5(2,3)4;1-3-2;1-2/h1-8H;1-2H3;1-2H3;1-2H3. The molecule has 2 rings (SSSR count). The molecule has 3 nitrogen and oxygen atoms in total. The van der Waals surface area contributed by atoms with E-state index < -0.39 is 9.84 Å². The minimum Gasteiger partial charge on any atom is -0.388 e. The van der Waals surface area contributed by atoms with Gasteiger partial charge in [-0.2, -0.15) is 0 Å². The molecule has 2 aromatic rings. The summed E-state index contributed by atoms with van der Waals surface area (Å²) in [5.74, 6) is 0. The lowest BCUT2D eigenvalue weighted by Gasteiger charge is -1.92. The molecule has 0 fully saturated rings. The Morgan fingerprint density at radius 2 is 0.900 bits per heavy atom. The molecule has 2 aromatic carbocycles. The molecule has 20 heavy (non-hydrogen) atoms. The van der Waals surface area contributed by atoms with Crippen LogP contribution in [0.2, 0.25) is 0 Å². The molecule has 0 atom stereocenters. The molecule has 0 unspecified atom stereocenters. The van der Waals surface area contributed by atoms with E-state index in [2.05, 4.69) is 53.3 Å². The lowest BCUT2D eigenvalue weighted by Crippen LogP contribution is -1.86. The van der Waals surface area contributed by atoms with Gasteiger partial charge in [-0.3, -0.25) is 0 Å². The van der Waals surface area contributed by atoms with E-state index in [1.54, 1.807) is 14.2 Å². The SMILES string of the molecule is CC.COC.CS(C)(=O)=O.c1ccc2ccccc2c1. The number of benzene rings is 2. The summed E-state index contributed by atoms with van der Waals surface area (Å²) in [6.07, 6.45) is 2.32. The maximum Gasteiger partial charge on any atom is 0.144 e. The van der Waals surface area contributed by atoms with Crippen LogP contribution in [0.25, 0.3) is 10.8 Å². The number of sulfone groups is 1. The van der Waals surface area contributed by atoms with Crippen molar-refractivity contribution < 1.29 is 13.2 Å². The van der Waals surface area contributed by atoms with Crippen LogP contribution in [-0.2, 0) is 14.6 Å². The summed E-state index contributed by atoms with van der Waals surface area (Å²) in [5.41, 5.74) is 0. The molecule has 0 aliphatic carbocycles. The van der Waals surface area contributed by atoms with Crippen LogP contribution in [0.15, 0.2) is 48.5 Å². The van der Waals surface area contributed by atoms with Gasteiger partial charge < -0.3 is 4.74 Å². The van der Waals surface area contributed by atoms with Crippen LogP contribution < -0.4 is 0 Å². The van der Waals surface area contributed by atoms with Gasteiger partial charge in [0.25, 0.3) is 0 Å². The van der Waals surface area contributed by atoms with Crippen LogP contribution in [-0.4, -0.2) is 35.1 Å². The second-order valence-electron chi connectivity index (χ2n) is 3.90. The Labute approximate surface area is 123 Å². The molecule has 0 amide bonds. The zero-order valence-corrected chi connectivity index (χ0v) is 14.1. The second kappa shape index (κ2) is 12.6. The first-order chi connectivity index (χ1) is 9.38. The van der Waals surface area contributed by atoms with Gasteiger partial charge in [-0.15, -0.1) is 0 Å². The van der Waals surface area contributed by atoms with Crippen LogP contribution in [0.3, 0.4) is 0 Å². The summed E-state index contributed by atoms with van der Waals surface area (Å²) in [6.45, 7) is 4.00. The predicted molar refractivity (Wildman–Crippen MR) is 89.0 cm³/mol. The van der Waals surface area contributed by atoms with E-state index in [0.29, 0.717) is 0 Å². The molecule has 114 valence electrons. The van der Waals surface area contributed by atoms with E-state index >= 15 is 0 Å². The van der Waals surface area contributed by atoms with Crippen LogP contribution >= 0.6 is 0 Å². The van der Waals surface area contributed by atoms with Crippen molar-refractivity contribution in [1.29, 1.82) is 0 Å². The minimum absolute atomic E-state index is 1.16. The predicted octanol–water partition coefficient (Wildman–Crippen LogP) is 3.79. The lowest BCUT2D eigenvalue weighted by atomic mass is 10.1. The molecule has 0 saturated heterocycles. The van der Waals surface area contributed by atoms with Crippen molar-refractivity contribution in [3.05, 3.63) is 48.5 Å². The summed E-state index contributed by atoms with van der Waals surface area (Å²) in [6, 6.07) is 16.7. The highest BCUT2D eigenvalue weighted by Crippen LogP contribution is 2.11. The van der Waals surface area contributed by atoms with Crippen molar-refractivity contribution in [2.24, 2.45) is 0 Å². The number of hydrogen-bond donors (Lipinski definition) is 0. The monoisotopic (exact) mass is 298 g/mol. The third-order valence-corrected chi connectivity index (χ3v) is 1.66. The van der Waals surface area contributed by atoms with E-state index in [0.717, 1.165) is 12.5 Å². The highest BCUT2D eigenvalue weighted by molar-refractivity contribution is 7.89. The molecule has 0 aliphatic heterocycles. The highest BCUT2D eigenvalue weighted by atomic mass is 32.2. The smallest absolute Gasteiger partial charge is 0.144 e. The van der Waals surface area contributed by atoms with E-state index in [1.165, 1.54) is 10.8 Å². The van der Waals surface area contributed by atoms with Crippen LogP contribution in [0.4, 0.5) is 0 Å². The van der Waals surface area contributed by atoms with Crippen LogP contribution in [0.1, 0.15) is 13.8 Å². The molecule has 0 heterocycles. The van der Waals surface area contributed by atoms with Gasteiger partial charge in [-0.05, 0) is 10.8 Å². The average Bonchev–Trinajstić information content (AvgIpc) is 2.40. The lowest BCUT2D eigenvalue weighted by molar-refractivity contribution is 0.277. The summed E-state index contributed by atoms with van der Waals surface area (Å²) in [7, 11) is 0.583. The first-order valence-electron chi connectivity index (χ1n) is 6.37. The highest BCUT2D eigenvalue weighted by Gasteiger charge is 1.85. The van der Waals surface area contributed by atoms with E-state index in [9.17, 15) is 8.42 Å². The zero-order chi connectivity index (χ0) is 16.0. The van der Waals surface area contributed by atoms with Crippen LogP contribution in [0, 0.1) is 0 Å².